The summed E-state index contributed by atoms with van der Waals surface area (Å²) in [6, 6.07) is 11.2. The van der Waals surface area contributed by atoms with Gasteiger partial charge in [0.1, 0.15) is 5.58 Å². The maximum absolute atomic E-state index is 12.4. The first kappa shape index (κ1) is 16.9. The van der Waals surface area contributed by atoms with E-state index in [0.29, 0.717) is 11.5 Å². The van der Waals surface area contributed by atoms with Gasteiger partial charge < -0.3 is 18.6 Å². The lowest BCUT2D eigenvalue weighted by atomic mass is 10.1. The van der Waals surface area contributed by atoms with Gasteiger partial charge in [-0.25, -0.2) is 0 Å². The molecule has 0 unspecified atom stereocenters. The van der Waals surface area contributed by atoms with Crippen LogP contribution in [0.25, 0.3) is 11.0 Å². The molecule has 0 fully saturated rings. The van der Waals surface area contributed by atoms with Crippen molar-refractivity contribution in [3.8, 4) is 17.2 Å². The summed E-state index contributed by atoms with van der Waals surface area (Å²) in [6.45, 7) is 2.09. The maximum Gasteiger partial charge on any atom is 0.316 e. The standard InChI is InChI=1S/C20H20O5/c1-4-13-8-9-15-14(12-24-18(15)10-13)11-19(21)25-20-16(22-2)6-5-7-17(20)23-3/h5-10,12H,4,11H2,1-3H3. The Morgan fingerprint density at radius 3 is 2.44 bits per heavy atom. The molecule has 0 amide bonds. The molecule has 3 rings (SSSR count). The van der Waals surface area contributed by atoms with Gasteiger partial charge in [-0.15, -0.1) is 0 Å². The van der Waals surface area contributed by atoms with Gasteiger partial charge in [0.05, 0.1) is 26.9 Å². The largest absolute Gasteiger partial charge is 0.493 e. The zero-order valence-electron chi connectivity index (χ0n) is 14.5. The molecule has 1 aromatic heterocycles. The van der Waals surface area contributed by atoms with Gasteiger partial charge in [0.25, 0.3) is 0 Å². The summed E-state index contributed by atoms with van der Waals surface area (Å²) in [4.78, 5) is 12.4. The van der Waals surface area contributed by atoms with Crippen molar-refractivity contribution < 1.29 is 23.4 Å². The van der Waals surface area contributed by atoms with Crippen LogP contribution in [0.4, 0.5) is 0 Å². The molecule has 0 atom stereocenters. The predicted octanol–water partition coefficient (Wildman–Crippen LogP) is 4.16. The third-order valence-corrected chi connectivity index (χ3v) is 4.06. The Kier molecular flexibility index (Phi) is 4.93. The number of para-hydroxylation sites is 1. The van der Waals surface area contributed by atoms with E-state index in [9.17, 15) is 4.79 Å². The topological polar surface area (TPSA) is 57.9 Å². The van der Waals surface area contributed by atoms with E-state index >= 15 is 0 Å². The fourth-order valence-corrected chi connectivity index (χ4v) is 2.71. The number of esters is 1. The molecule has 0 radical (unpaired) electrons. The zero-order valence-corrected chi connectivity index (χ0v) is 14.5. The number of carbonyl (C=O) groups excluding carboxylic acids is 1. The van der Waals surface area contributed by atoms with Crippen LogP contribution in [0.5, 0.6) is 17.2 Å². The Morgan fingerprint density at radius 1 is 1.08 bits per heavy atom. The van der Waals surface area contributed by atoms with E-state index in [4.69, 9.17) is 18.6 Å². The molecular weight excluding hydrogens is 320 g/mol. The van der Waals surface area contributed by atoms with Crippen LogP contribution >= 0.6 is 0 Å². The number of rotatable bonds is 6. The third kappa shape index (κ3) is 3.45. The Morgan fingerprint density at radius 2 is 1.80 bits per heavy atom. The minimum atomic E-state index is -0.412. The summed E-state index contributed by atoms with van der Waals surface area (Å²) >= 11 is 0. The normalized spacial score (nSPS) is 10.7. The van der Waals surface area contributed by atoms with Crippen LogP contribution in [0.15, 0.2) is 47.1 Å². The highest BCUT2D eigenvalue weighted by Gasteiger charge is 2.18. The van der Waals surface area contributed by atoms with Gasteiger partial charge >= 0.3 is 5.97 Å². The molecule has 0 aliphatic rings. The third-order valence-electron chi connectivity index (χ3n) is 4.06. The number of hydrogen-bond acceptors (Lipinski definition) is 5. The van der Waals surface area contributed by atoms with Gasteiger partial charge in [-0.2, -0.15) is 0 Å². The van der Waals surface area contributed by atoms with Crippen molar-refractivity contribution in [3.63, 3.8) is 0 Å². The molecular formula is C20H20O5. The molecule has 5 heteroatoms. The van der Waals surface area contributed by atoms with Crippen molar-refractivity contribution in [1.82, 2.24) is 0 Å². The van der Waals surface area contributed by atoms with Crippen LogP contribution in [0.1, 0.15) is 18.1 Å². The van der Waals surface area contributed by atoms with Gasteiger partial charge in [-0.3, -0.25) is 4.79 Å². The Hall–Kier alpha value is -2.95. The highest BCUT2D eigenvalue weighted by molar-refractivity contribution is 5.87. The second-order valence-corrected chi connectivity index (χ2v) is 5.59. The SMILES string of the molecule is CCc1ccc2c(CC(=O)Oc3c(OC)cccc3OC)coc2c1. The summed E-state index contributed by atoms with van der Waals surface area (Å²) in [5.74, 6) is 0.748. The van der Waals surface area contributed by atoms with Gasteiger partial charge in [0.15, 0.2) is 11.5 Å². The number of benzene rings is 2. The lowest BCUT2D eigenvalue weighted by Crippen LogP contribution is -2.12. The molecule has 0 aliphatic heterocycles. The van der Waals surface area contributed by atoms with Gasteiger partial charge in [0, 0.05) is 10.9 Å². The van der Waals surface area contributed by atoms with E-state index in [-0.39, 0.29) is 12.2 Å². The second kappa shape index (κ2) is 7.30. The quantitative estimate of drug-likeness (QED) is 0.498. The van der Waals surface area contributed by atoms with E-state index in [1.54, 1.807) is 24.5 Å². The molecule has 0 saturated carbocycles. The van der Waals surface area contributed by atoms with Crippen molar-refractivity contribution in [2.24, 2.45) is 0 Å². The average molecular weight is 340 g/mol. The molecule has 5 nitrogen and oxygen atoms in total. The molecule has 0 saturated heterocycles. The molecule has 130 valence electrons. The van der Waals surface area contributed by atoms with Crippen LogP contribution in [0.3, 0.4) is 0 Å². The molecule has 0 aliphatic carbocycles. The predicted molar refractivity (Wildman–Crippen MR) is 94.5 cm³/mol. The zero-order chi connectivity index (χ0) is 17.8. The molecule has 25 heavy (non-hydrogen) atoms. The first-order chi connectivity index (χ1) is 12.2. The number of fused-ring (bicyclic) bond motifs is 1. The smallest absolute Gasteiger partial charge is 0.316 e. The van der Waals surface area contributed by atoms with Gasteiger partial charge in [-0.1, -0.05) is 25.1 Å². The lowest BCUT2D eigenvalue weighted by molar-refractivity contribution is -0.133. The Balaban J connectivity index is 1.82. The van der Waals surface area contributed by atoms with Crippen LogP contribution in [-0.4, -0.2) is 20.2 Å². The van der Waals surface area contributed by atoms with Crippen LogP contribution in [0.2, 0.25) is 0 Å². The summed E-state index contributed by atoms with van der Waals surface area (Å²) < 4.78 is 21.6. The van der Waals surface area contributed by atoms with E-state index in [2.05, 4.69) is 6.92 Å². The summed E-state index contributed by atoms with van der Waals surface area (Å²) in [5, 5.41) is 0.918. The molecule has 0 bridgehead atoms. The number of carbonyl (C=O) groups is 1. The van der Waals surface area contributed by atoms with E-state index in [1.807, 2.05) is 18.2 Å². The van der Waals surface area contributed by atoms with Crippen molar-refractivity contribution in [3.05, 3.63) is 53.8 Å². The monoisotopic (exact) mass is 340 g/mol. The first-order valence-electron chi connectivity index (χ1n) is 8.07. The highest BCUT2D eigenvalue weighted by atomic mass is 16.6. The molecule has 2 aromatic carbocycles. The van der Waals surface area contributed by atoms with Crippen molar-refractivity contribution in [2.45, 2.75) is 19.8 Å². The summed E-state index contributed by atoms with van der Waals surface area (Å²) in [7, 11) is 3.03. The minimum absolute atomic E-state index is 0.0969. The molecule has 1 heterocycles. The Bertz CT molecular complexity index is 872. The van der Waals surface area contributed by atoms with Crippen molar-refractivity contribution in [2.75, 3.05) is 14.2 Å². The minimum Gasteiger partial charge on any atom is -0.493 e. The van der Waals surface area contributed by atoms with Crippen molar-refractivity contribution in [1.29, 1.82) is 0 Å². The fourth-order valence-electron chi connectivity index (χ4n) is 2.71. The molecule has 3 aromatic rings. The highest BCUT2D eigenvalue weighted by Crippen LogP contribution is 2.37. The second-order valence-electron chi connectivity index (χ2n) is 5.59. The van der Waals surface area contributed by atoms with Crippen LogP contribution in [-0.2, 0) is 17.6 Å². The molecule has 0 spiro atoms. The number of ether oxygens (including phenoxy) is 3. The number of furan rings is 1. The summed E-state index contributed by atoms with van der Waals surface area (Å²) in [5.41, 5.74) is 2.75. The Labute approximate surface area is 146 Å². The first-order valence-corrected chi connectivity index (χ1v) is 8.07. The van der Waals surface area contributed by atoms with E-state index in [1.165, 1.54) is 19.8 Å². The fraction of sp³-hybridized carbons (Fsp3) is 0.250. The van der Waals surface area contributed by atoms with E-state index < -0.39 is 5.97 Å². The maximum atomic E-state index is 12.4. The number of hydrogen-bond donors (Lipinski definition) is 0. The van der Waals surface area contributed by atoms with Crippen LogP contribution in [0, 0.1) is 0 Å². The lowest BCUT2D eigenvalue weighted by Gasteiger charge is -2.12. The molecule has 0 N–H and O–H groups in total. The number of aryl methyl sites for hydroxylation is 1. The van der Waals surface area contributed by atoms with E-state index in [0.717, 1.165) is 23.0 Å². The van der Waals surface area contributed by atoms with Gasteiger partial charge in [0.2, 0.25) is 5.75 Å². The van der Waals surface area contributed by atoms with Crippen molar-refractivity contribution >= 4 is 16.9 Å². The van der Waals surface area contributed by atoms with Crippen LogP contribution < -0.4 is 14.2 Å². The summed E-state index contributed by atoms with van der Waals surface area (Å²) in [6.07, 6.45) is 2.63. The average Bonchev–Trinajstić information content (AvgIpc) is 3.03. The number of methoxy groups -OCH3 is 2. The van der Waals surface area contributed by atoms with Gasteiger partial charge in [-0.05, 0) is 30.2 Å².